The molecule has 1 heterocycles. The predicted octanol–water partition coefficient (Wildman–Crippen LogP) is 1.53. The highest BCUT2D eigenvalue weighted by atomic mass is 14.9. The fourth-order valence-electron chi connectivity index (χ4n) is 0.205. The first-order chi connectivity index (χ1) is 4.00. The minimum absolute atomic E-state index is 0. The lowest BCUT2D eigenvalue weighted by molar-refractivity contribution is 1.05. The zero-order chi connectivity index (χ0) is 6.24. The van der Waals surface area contributed by atoms with Crippen LogP contribution in [0.25, 0.3) is 0 Å². The number of rotatable bonds is 0. The number of nitrogens with zero attached hydrogens (tertiary/aromatic N) is 3. The van der Waals surface area contributed by atoms with Gasteiger partial charge in [-0.1, -0.05) is 21.3 Å². The Morgan fingerprint density at radius 3 is 1.11 bits per heavy atom. The molecule has 0 aromatic carbocycles. The van der Waals surface area contributed by atoms with Gasteiger partial charge in [0.15, 0.2) is 0 Å². The van der Waals surface area contributed by atoms with Crippen molar-refractivity contribution in [3.05, 3.63) is 19.0 Å². The van der Waals surface area contributed by atoms with Gasteiger partial charge in [-0.3, -0.25) is 0 Å². The molecule has 0 saturated carbocycles. The summed E-state index contributed by atoms with van der Waals surface area (Å²) < 4.78 is 0. The molecular weight excluding hydrogens is 114 g/mol. The molecule has 0 N–H and O–H groups in total. The van der Waals surface area contributed by atoms with Gasteiger partial charge in [0.1, 0.15) is 19.0 Å². The Hall–Kier alpha value is -0.990. The van der Waals surface area contributed by atoms with Gasteiger partial charge >= 0.3 is 0 Å². The minimum Gasteiger partial charge on any atom is -0.225 e. The SMILES string of the molecule is C.CC.c1ncncn1. The first-order valence-electron chi connectivity index (χ1n) is 2.55. The maximum atomic E-state index is 3.56. The van der Waals surface area contributed by atoms with Gasteiger partial charge in [-0.25, -0.2) is 15.0 Å². The van der Waals surface area contributed by atoms with Gasteiger partial charge in [-0.05, 0) is 0 Å². The summed E-state index contributed by atoms with van der Waals surface area (Å²) in [5, 5.41) is 0. The molecule has 0 aliphatic carbocycles. The van der Waals surface area contributed by atoms with E-state index < -0.39 is 0 Å². The van der Waals surface area contributed by atoms with Gasteiger partial charge in [0.05, 0.1) is 0 Å². The zero-order valence-electron chi connectivity index (χ0n) is 5.07. The standard InChI is InChI=1S/C3H3N3.C2H6.CH4/c1-4-2-6-3-5-1;1-2;/h1-3H;1-2H3;1H4. The second-order valence-corrected chi connectivity index (χ2v) is 0.794. The van der Waals surface area contributed by atoms with Crippen molar-refractivity contribution in [2.45, 2.75) is 21.3 Å². The Kier molecular flexibility index (Phi) is 12.2. The third-order valence-electron chi connectivity index (χ3n) is 0.400. The van der Waals surface area contributed by atoms with E-state index in [9.17, 15) is 0 Å². The molecule has 0 aliphatic rings. The van der Waals surface area contributed by atoms with E-state index in [4.69, 9.17) is 0 Å². The van der Waals surface area contributed by atoms with Crippen LogP contribution in [0, 0.1) is 0 Å². The van der Waals surface area contributed by atoms with Gasteiger partial charge in [0.2, 0.25) is 0 Å². The average molecular weight is 127 g/mol. The van der Waals surface area contributed by atoms with Crippen molar-refractivity contribution in [3.8, 4) is 0 Å². The summed E-state index contributed by atoms with van der Waals surface area (Å²) in [6.45, 7) is 4.00. The van der Waals surface area contributed by atoms with E-state index >= 15 is 0 Å². The zero-order valence-corrected chi connectivity index (χ0v) is 5.07. The molecule has 3 heteroatoms. The summed E-state index contributed by atoms with van der Waals surface area (Å²) in [5.74, 6) is 0. The molecule has 0 unspecified atom stereocenters. The second kappa shape index (κ2) is 10.1. The van der Waals surface area contributed by atoms with Crippen LogP contribution in [0.3, 0.4) is 0 Å². The highest BCUT2D eigenvalue weighted by Gasteiger charge is 1.59. The second-order valence-electron chi connectivity index (χ2n) is 0.794. The summed E-state index contributed by atoms with van der Waals surface area (Å²) in [4.78, 5) is 10.7. The lowest BCUT2D eigenvalue weighted by Gasteiger charge is -1.69. The van der Waals surface area contributed by atoms with Crippen LogP contribution in [0.2, 0.25) is 0 Å². The van der Waals surface area contributed by atoms with Crippen molar-refractivity contribution in [3.63, 3.8) is 0 Å². The van der Waals surface area contributed by atoms with Crippen molar-refractivity contribution in [2.75, 3.05) is 0 Å². The average Bonchev–Trinajstić information content (AvgIpc) is 1.96. The number of hydrogen-bond acceptors (Lipinski definition) is 3. The smallest absolute Gasteiger partial charge is 0.119 e. The van der Waals surface area contributed by atoms with Gasteiger partial charge in [-0.15, -0.1) is 0 Å². The van der Waals surface area contributed by atoms with Crippen molar-refractivity contribution in [1.82, 2.24) is 15.0 Å². The topological polar surface area (TPSA) is 38.7 Å². The number of hydrogen-bond donors (Lipinski definition) is 0. The third-order valence-corrected chi connectivity index (χ3v) is 0.400. The molecule has 0 atom stereocenters. The van der Waals surface area contributed by atoms with E-state index in [-0.39, 0.29) is 7.43 Å². The maximum absolute atomic E-state index is 3.56. The van der Waals surface area contributed by atoms with Crippen LogP contribution in [0.1, 0.15) is 21.3 Å². The highest BCUT2D eigenvalue weighted by molar-refractivity contribution is 4.51. The Morgan fingerprint density at radius 1 is 0.778 bits per heavy atom. The Labute approximate surface area is 56.2 Å². The molecule has 0 saturated heterocycles. The quantitative estimate of drug-likeness (QED) is 0.530. The number of aromatic nitrogens is 3. The molecule has 52 valence electrons. The summed E-state index contributed by atoms with van der Waals surface area (Å²) in [5.41, 5.74) is 0. The van der Waals surface area contributed by atoms with E-state index in [1.54, 1.807) is 0 Å². The van der Waals surface area contributed by atoms with E-state index in [1.165, 1.54) is 19.0 Å². The van der Waals surface area contributed by atoms with Crippen molar-refractivity contribution >= 4 is 0 Å². The molecule has 1 aromatic rings. The third kappa shape index (κ3) is 7.01. The fraction of sp³-hybridized carbons (Fsp3) is 0.500. The Balaban J connectivity index is 0. The monoisotopic (exact) mass is 127 g/mol. The van der Waals surface area contributed by atoms with E-state index in [2.05, 4.69) is 15.0 Å². The molecule has 0 amide bonds. The van der Waals surface area contributed by atoms with E-state index in [0.717, 1.165) is 0 Å². The molecule has 9 heavy (non-hydrogen) atoms. The van der Waals surface area contributed by atoms with Crippen molar-refractivity contribution in [2.24, 2.45) is 0 Å². The van der Waals surface area contributed by atoms with Crippen LogP contribution in [0.15, 0.2) is 19.0 Å². The van der Waals surface area contributed by atoms with E-state index in [0.29, 0.717) is 0 Å². The van der Waals surface area contributed by atoms with Crippen molar-refractivity contribution in [1.29, 1.82) is 0 Å². The first kappa shape index (κ1) is 10.9. The maximum Gasteiger partial charge on any atom is 0.119 e. The van der Waals surface area contributed by atoms with Gasteiger partial charge in [0.25, 0.3) is 0 Å². The van der Waals surface area contributed by atoms with Crippen LogP contribution >= 0.6 is 0 Å². The largest absolute Gasteiger partial charge is 0.225 e. The van der Waals surface area contributed by atoms with Crippen LogP contribution in [-0.4, -0.2) is 15.0 Å². The van der Waals surface area contributed by atoms with Gasteiger partial charge in [-0.2, -0.15) is 0 Å². The molecule has 0 bridgehead atoms. The highest BCUT2D eigenvalue weighted by Crippen LogP contribution is 1.57. The summed E-state index contributed by atoms with van der Waals surface area (Å²) in [6, 6.07) is 0. The molecule has 1 aromatic heterocycles. The molecule has 0 fully saturated rings. The molecule has 1 rings (SSSR count). The molecule has 0 spiro atoms. The van der Waals surface area contributed by atoms with E-state index in [1.807, 2.05) is 13.8 Å². The molecule has 3 nitrogen and oxygen atoms in total. The molecule has 0 radical (unpaired) electrons. The Morgan fingerprint density at radius 2 is 1.00 bits per heavy atom. The Bertz CT molecular complexity index is 80.2. The van der Waals surface area contributed by atoms with Crippen LogP contribution in [0.5, 0.6) is 0 Å². The van der Waals surface area contributed by atoms with Gasteiger partial charge < -0.3 is 0 Å². The molecule has 0 aliphatic heterocycles. The van der Waals surface area contributed by atoms with Gasteiger partial charge in [0, 0.05) is 0 Å². The normalized spacial score (nSPS) is 6.00. The predicted molar refractivity (Wildman–Crippen MR) is 37.9 cm³/mol. The fourth-order valence-corrected chi connectivity index (χ4v) is 0.205. The van der Waals surface area contributed by atoms with Crippen LogP contribution < -0.4 is 0 Å². The lowest BCUT2D eigenvalue weighted by Crippen LogP contribution is -1.73. The summed E-state index contributed by atoms with van der Waals surface area (Å²) in [6.07, 6.45) is 4.31. The summed E-state index contributed by atoms with van der Waals surface area (Å²) >= 11 is 0. The van der Waals surface area contributed by atoms with Crippen LogP contribution in [0.4, 0.5) is 0 Å². The van der Waals surface area contributed by atoms with Crippen molar-refractivity contribution < 1.29 is 0 Å². The molecular formula is C6H13N3. The first-order valence-corrected chi connectivity index (χ1v) is 2.55. The minimum atomic E-state index is 0. The summed E-state index contributed by atoms with van der Waals surface area (Å²) in [7, 11) is 0. The van der Waals surface area contributed by atoms with Crippen LogP contribution in [-0.2, 0) is 0 Å². The lowest BCUT2D eigenvalue weighted by atomic mass is 11.0.